The molecule has 0 bridgehead atoms. The Balaban J connectivity index is 2.37. The molecule has 112 valence electrons. The third kappa shape index (κ3) is 2.46. The molecule has 0 unspecified atom stereocenters. The lowest BCUT2D eigenvalue weighted by Gasteiger charge is -2.22. The quantitative estimate of drug-likeness (QED) is 0.776. The molecule has 0 aliphatic carbocycles. The molecule has 20 heavy (non-hydrogen) atoms. The minimum atomic E-state index is -4.49. The summed E-state index contributed by atoms with van der Waals surface area (Å²) in [7, 11) is 1.14. The first-order chi connectivity index (χ1) is 9.27. The molecule has 7 heteroatoms. The Morgan fingerprint density at radius 1 is 1.25 bits per heavy atom. The van der Waals surface area contributed by atoms with Crippen molar-refractivity contribution >= 4 is 0 Å². The first-order valence-electron chi connectivity index (χ1n) is 5.97. The molecule has 1 aliphatic heterocycles. The van der Waals surface area contributed by atoms with Crippen molar-refractivity contribution in [2.24, 2.45) is 5.92 Å². The van der Waals surface area contributed by atoms with Gasteiger partial charge in [-0.15, -0.1) is 0 Å². The third-order valence-electron chi connectivity index (χ3n) is 3.57. The second-order valence-electron chi connectivity index (χ2n) is 4.74. The number of benzene rings is 1. The SMILES string of the molecule is COc1c([C@H]2CO[C@@H](C(F)(F)F)[C@H]2C)ccc(F)c1F. The van der Waals surface area contributed by atoms with Crippen molar-refractivity contribution in [3.63, 3.8) is 0 Å². The van der Waals surface area contributed by atoms with Gasteiger partial charge in [0.1, 0.15) is 0 Å². The lowest BCUT2D eigenvalue weighted by Crippen LogP contribution is -2.33. The molecule has 1 saturated heterocycles. The molecule has 2 nitrogen and oxygen atoms in total. The van der Waals surface area contributed by atoms with Crippen LogP contribution in [0.25, 0.3) is 0 Å². The molecule has 0 spiro atoms. The van der Waals surface area contributed by atoms with Gasteiger partial charge in [0.15, 0.2) is 17.7 Å². The Morgan fingerprint density at radius 3 is 2.40 bits per heavy atom. The fraction of sp³-hybridized carbons (Fsp3) is 0.538. The highest BCUT2D eigenvalue weighted by Gasteiger charge is 2.51. The second kappa shape index (κ2) is 5.20. The molecule has 0 N–H and O–H groups in total. The van der Waals surface area contributed by atoms with Crippen LogP contribution in [0.3, 0.4) is 0 Å². The summed E-state index contributed by atoms with van der Waals surface area (Å²) in [5.41, 5.74) is 0.186. The Bertz CT molecular complexity index is 500. The van der Waals surface area contributed by atoms with Crippen molar-refractivity contribution in [1.82, 2.24) is 0 Å². The van der Waals surface area contributed by atoms with Gasteiger partial charge in [-0.2, -0.15) is 17.6 Å². The van der Waals surface area contributed by atoms with Crippen molar-refractivity contribution in [2.45, 2.75) is 25.1 Å². The third-order valence-corrected chi connectivity index (χ3v) is 3.57. The van der Waals surface area contributed by atoms with Crippen LogP contribution in [-0.4, -0.2) is 26.0 Å². The number of alkyl halides is 3. The van der Waals surface area contributed by atoms with Gasteiger partial charge < -0.3 is 9.47 Å². The number of hydrogen-bond acceptors (Lipinski definition) is 2. The van der Waals surface area contributed by atoms with Crippen molar-refractivity contribution in [1.29, 1.82) is 0 Å². The van der Waals surface area contributed by atoms with Crippen LogP contribution in [0.5, 0.6) is 5.75 Å². The van der Waals surface area contributed by atoms with E-state index in [1.807, 2.05) is 0 Å². The first-order valence-corrected chi connectivity index (χ1v) is 5.97. The molecule has 1 aliphatic rings. The number of ether oxygens (including phenoxy) is 2. The van der Waals surface area contributed by atoms with Crippen LogP contribution in [-0.2, 0) is 4.74 Å². The normalized spacial score (nSPS) is 26.9. The highest BCUT2D eigenvalue weighted by atomic mass is 19.4. The highest BCUT2D eigenvalue weighted by molar-refractivity contribution is 5.39. The molecule has 0 amide bonds. The van der Waals surface area contributed by atoms with E-state index in [0.717, 1.165) is 13.2 Å². The Morgan fingerprint density at radius 2 is 1.90 bits per heavy atom. The fourth-order valence-corrected chi connectivity index (χ4v) is 2.53. The van der Waals surface area contributed by atoms with Crippen molar-refractivity contribution in [3.8, 4) is 5.75 Å². The number of methoxy groups -OCH3 is 1. The van der Waals surface area contributed by atoms with E-state index in [1.165, 1.54) is 13.0 Å². The van der Waals surface area contributed by atoms with E-state index >= 15 is 0 Å². The van der Waals surface area contributed by atoms with E-state index < -0.39 is 35.8 Å². The highest BCUT2D eigenvalue weighted by Crippen LogP contribution is 2.45. The Kier molecular flexibility index (Phi) is 3.90. The van der Waals surface area contributed by atoms with Gasteiger partial charge in [-0.1, -0.05) is 13.0 Å². The first kappa shape index (κ1) is 15.0. The summed E-state index contributed by atoms with van der Waals surface area (Å²) in [6.45, 7) is 1.16. The molecular formula is C13H13F5O2. The zero-order chi connectivity index (χ0) is 15.1. The van der Waals surface area contributed by atoms with Crippen molar-refractivity contribution in [2.75, 3.05) is 13.7 Å². The maximum absolute atomic E-state index is 13.6. The van der Waals surface area contributed by atoms with Crippen molar-refractivity contribution in [3.05, 3.63) is 29.3 Å². The van der Waals surface area contributed by atoms with E-state index in [9.17, 15) is 22.0 Å². The number of halogens is 5. The fourth-order valence-electron chi connectivity index (χ4n) is 2.53. The van der Waals surface area contributed by atoms with Gasteiger partial charge in [0.25, 0.3) is 0 Å². The predicted octanol–water partition coefficient (Wildman–Crippen LogP) is 3.65. The zero-order valence-corrected chi connectivity index (χ0v) is 10.8. The van der Waals surface area contributed by atoms with Crippen LogP contribution >= 0.6 is 0 Å². The van der Waals surface area contributed by atoms with Gasteiger partial charge in [0, 0.05) is 17.4 Å². The summed E-state index contributed by atoms with van der Waals surface area (Å²) in [6, 6.07) is 2.11. The van der Waals surface area contributed by atoms with Crippen LogP contribution in [0.1, 0.15) is 18.4 Å². The molecule has 2 rings (SSSR count). The van der Waals surface area contributed by atoms with Crippen molar-refractivity contribution < 1.29 is 31.4 Å². The molecule has 0 radical (unpaired) electrons. The molecule has 3 atom stereocenters. The maximum atomic E-state index is 13.6. The largest absolute Gasteiger partial charge is 0.493 e. The Hall–Kier alpha value is -1.37. The second-order valence-corrected chi connectivity index (χ2v) is 4.74. The monoisotopic (exact) mass is 296 g/mol. The van der Waals surface area contributed by atoms with Crippen LogP contribution < -0.4 is 4.74 Å². The molecule has 0 saturated carbocycles. The lowest BCUT2D eigenvalue weighted by molar-refractivity contribution is -0.215. The number of hydrogen-bond donors (Lipinski definition) is 0. The topological polar surface area (TPSA) is 18.5 Å². The zero-order valence-electron chi connectivity index (χ0n) is 10.8. The van der Waals surface area contributed by atoms with Crippen LogP contribution in [0, 0.1) is 17.6 Å². The van der Waals surface area contributed by atoms with E-state index in [1.54, 1.807) is 0 Å². The average molecular weight is 296 g/mol. The van der Waals surface area contributed by atoms with Gasteiger partial charge in [-0.25, -0.2) is 4.39 Å². The average Bonchev–Trinajstić information content (AvgIpc) is 2.74. The summed E-state index contributed by atoms with van der Waals surface area (Å²) in [5, 5.41) is 0. The summed E-state index contributed by atoms with van der Waals surface area (Å²) >= 11 is 0. The maximum Gasteiger partial charge on any atom is 0.414 e. The van der Waals surface area contributed by atoms with Crippen LogP contribution in [0.4, 0.5) is 22.0 Å². The molecular weight excluding hydrogens is 283 g/mol. The van der Waals surface area contributed by atoms with Crippen LogP contribution in [0.15, 0.2) is 12.1 Å². The van der Waals surface area contributed by atoms with Crippen LogP contribution in [0.2, 0.25) is 0 Å². The minimum absolute atomic E-state index is 0.186. The summed E-state index contributed by atoms with van der Waals surface area (Å²) < 4.78 is 74.5. The molecule has 0 aromatic heterocycles. The van der Waals surface area contributed by atoms with E-state index in [4.69, 9.17) is 9.47 Å². The molecule has 1 aromatic carbocycles. The van der Waals surface area contributed by atoms with Gasteiger partial charge in [0.2, 0.25) is 5.82 Å². The lowest BCUT2D eigenvalue weighted by atomic mass is 9.86. The standard InChI is InChI=1S/C13H13F5O2/c1-6-8(5-20-12(6)13(16,17)18)7-3-4-9(14)10(15)11(7)19-2/h3-4,6,8,12H,5H2,1-2H3/t6-,8-,12+/m0/s1. The summed E-state index contributed by atoms with van der Waals surface area (Å²) in [6.07, 6.45) is -6.40. The number of rotatable bonds is 2. The molecule has 1 fully saturated rings. The smallest absolute Gasteiger partial charge is 0.414 e. The van der Waals surface area contributed by atoms with E-state index in [2.05, 4.69) is 0 Å². The minimum Gasteiger partial charge on any atom is -0.493 e. The van der Waals surface area contributed by atoms with E-state index in [0.29, 0.717) is 0 Å². The van der Waals surface area contributed by atoms with Gasteiger partial charge in [-0.3, -0.25) is 0 Å². The summed E-state index contributed by atoms with van der Waals surface area (Å²) in [4.78, 5) is 0. The van der Waals surface area contributed by atoms with Gasteiger partial charge >= 0.3 is 6.18 Å². The van der Waals surface area contributed by atoms with Gasteiger partial charge in [-0.05, 0) is 6.07 Å². The van der Waals surface area contributed by atoms with Gasteiger partial charge in [0.05, 0.1) is 13.7 Å². The van der Waals surface area contributed by atoms with E-state index in [-0.39, 0.29) is 17.9 Å². The molecule has 1 heterocycles. The Labute approximate surface area is 112 Å². The predicted molar refractivity (Wildman–Crippen MR) is 60.6 cm³/mol. The molecule has 1 aromatic rings. The summed E-state index contributed by atoms with van der Waals surface area (Å²) in [5.74, 6) is -4.29.